The van der Waals surface area contributed by atoms with E-state index in [1.165, 1.54) is 166 Å². The summed E-state index contributed by atoms with van der Waals surface area (Å²) in [7, 11) is 3.75. The summed E-state index contributed by atoms with van der Waals surface area (Å²) >= 11 is 1.49. The Morgan fingerprint density at radius 3 is 1.27 bits per heavy atom. The first-order chi connectivity index (χ1) is 29.4. The van der Waals surface area contributed by atoms with E-state index in [1.54, 1.807) is 0 Å². The lowest BCUT2D eigenvalue weighted by molar-refractivity contribution is -0.150. The van der Waals surface area contributed by atoms with E-state index in [-0.39, 0.29) is 24.1 Å². The van der Waals surface area contributed by atoms with Crippen LogP contribution < -0.4 is 10.0 Å². The number of esters is 2. The number of aldehydes is 1. The molecule has 358 valence electrons. The SMILES string of the molecule is CCCCCCCCC(CC)OC(=O)CCCCCCCN(CCCCCCCC(=O)OC(CCCCCCCC)CCCCCCCC)CCCNSCC=O.CNC. The Morgan fingerprint density at radius 1 is 0.500 bits per heavy atom. The van der Waals surface area contributed by atoms with Crippen LogP contribution in [-0.2, 0) is 23.9 Å². The Morgan fingerprint density at radius 2 is 0.850 bits per heavy atom. The Balaban J connectivity index is 0. The highest BCUT2D eigenvalue weighted by Gasteiger charge is 2.15. The first kappa shape index (κ1) is 60.9. The molecule has 0 aliphatic carbocycles. The summed E-state index contributed by atoms with van der Waals surface area (Å²) in [6, 6.07) is 0. The number of unbranched alkanes of at least 4 members (excludes halogenated alkanes) is 23. The quantitative estimate of drug-likeness (QED) is 0.0268. The standard InChI is InChI=1S/C49H96N2O5S.C2H7N/c1-5-9-12-15-20-27-35-46(8-4)55-48(53)38-30-23-18-25-32-41-51(43-34-40-50-57-45-44-52)42-33-26-19-24-31-39-49(54)56-47(36-28-21-16-13-10-6-2)37-29-22-17-14-11-7-3;1-3-2/h44,46-47,50H,5-43,45H2,1-4H3;3H,1-2H3. The lowest BCUT2D eigenvalue weighted by Crippen LogP contribution is -2.29. The third-order valence-electron chi connectivity index (χ3n) is 11.4. The molecule has 60 heavy (non-hydrogen) atoms. The topological polar surface area (TPSA) is 97.0 Å². The lowest BCUT2D eigenvalue weighted by Gasteiger charge is -2.22. The molecule has 1 unspecified atom stereocenters. The van der Waals surface area contributed by atoms with Crippen LogP contribution in [0.25, 0.3) is 0 Å². The molecule has 0 spiro atoms. The summed E-state index contributed by atoms with van der Waals surface area (Å²) in [6.07, 6.45) is 41.5. The van der Waals surface area contributed by atoms with Crippen molar-refractivity contribution in [3.8, 4) is 0 Å². The zero-order valence-corrected chi connectivity index (χ0v) is 41.7. The summed E-state index contributed by atoms with van der Waals surface area (Å²) in [4.78, 5) is 38.5. The van der Waals surface area contributed by atoms with Crippen LogP contribution in [0.15, 0.2) is 0 Å². The van der Waals surface area contributed by atoms with Crippen LogP contribution in [0.5, 0.6) is 0 Å². The highest BCUT2D eigenvalue weighted by molar-refractivity contribution is 7.97. The molecule has 0 fully saturated rings. The minimum absolute atomic E-state index is 0.00917. The fourth-order valence-corrected chi connectivity index (χ4v) is 8.18. The van der Waals surface area contributed by atoms with E-state index in [1.807, 2.05) is 14.1 Å². The molecule has 0 rings (SSSR count). The van der Waals surface area contributed by atoms with Crippen molar-refractivity contribution in [1.29, 1.82) is 0 Å². The molecule has 0 aromatic heterocycles. The van der Waals surface area contributed by atoms with Gasteiger partial charge in [-0.3, -0.25) is 14.3 Å². The summed E-state index contributed by atoms with van der Waals surface area (Å²) in [5.41, 5.74) is 0. The molecule has 8 nitrogen and oxygen atoms in total. The van der Waals surface area contributed by atoms with Crippen molar-refractivity contribution >= 4 is 30.2 Å². The van der Waals surface area contributed by atoms with E-state index in [4.69, 9.17) is 9.47 Å². The van der Waals surface area contributed by atoms with Crippen molar-refractivity contribution in [2.24, 2.45) is 0 Å². The molecule has 2 N–H and O–H groups in total. The highest BCUT2D eigenvalue weighted by atomic mass is 32.2. The van der Waals surface area contributed by atoms with Crippen molar-refractivity contribution in [3.05, 3.63) is 0 Å². The van der Waals surface area contributed by atoms with E-state index < -0.39 is 0 Å². The Bertz CT molecular complexity index is 866. The van der Waals surface area contributed by atoms with Gasteiger partial charge in [0.1, 0.15) is 18.5 Å². The van der Waals surface area contributed by atoms with Gasteiger partial charge in [-0.05, 0) is 111 Å². The molecular formula is C51H103N3O5S. The molecule has 0 saturated heterocycles. The van der Waals surface area contributed by atoms with Crippen LogP contribution >= 0.6 is 11.9 Å². The molecule has 0 aromatic carbocycles. The van der Waals surface area contributed by atoms with Gasteiger partial charge in [0.15, 0.2) is 0 Å². The zero-order valence-electron chi connectivity index (χ0n) is 40.9. The maximum absolute atomic E-state index is 12.8. The van der Waals surface area contributed by atoms with Gasteiger partial charge >= 0.3 is 11.9 Å². The maximum atomic E-state index is 12.8. The molecule has 0 aliphatic heterocycles. The monoisotopic (exact) mass is 870 g/mol. The van der Waals surface area contributed by atoms with E-state index in [9.17, 15) is 14.4 Å². The number of ether oxygens (including phenoxy) is 2. The summed E-state index contributed by atoms with van der Waals surface area (Å²) in [5, 5.41) is 2.75. The summed E-state index contributed by atoms with van der Waals surface area (Å²) in [6.45, 7) is 13.1. The molecule has 1 atom stereocenters. The van der Waals surface area contributed by atoms with Gasteiger partial charge in [-0.25, -0.2) is 0 Å². The van der Waals surface area contributed by atoms with E-state index in [2.05, 4.69) is 42.6 Å². The second-order valence-electron chi connectivity index (χ2n) is 17.4. The largest absolute Gasteiger partial charge is 0.462 e. The van der Waals surface area contributed by atoms with Crippen LogP contribution in [0.2, 0.25) is 0 Å². The van der Waals surface area contributed by atoms with Gasteiger partial charge in [0.05, 0.1) is 5.75 Å². The van der Waals surface area contributed by atoms with Gasteiger partial charge in [0.25, 0.3) is 0 Å². The third kappa shape index (κ3) is 47.9. The smallest absolute Gasteiger partial charge is 0.306 e. The molecule has 0 radical (unpaired) electrons. The van der Waals surface area contributed by atoms with Crippen molar-refractivity contribution in [1.82, 2.24) is 14.9 Å². The van der Waals surface area contributed by atoms with Gasteiger partial charge in [0.2, 0.25) is 0 Å². The number of nitrogens with one attached hydrogen (secondary N) is 2. The number of hydrogen-bond donors (Lipinski definition) is 2. The fourth-order valence-electron chi connectivity index (χ4n) is 7.70. The van der Waals surface area contributed by atoms with Crippen molar-refractivity contribution < 1.29 is 23.9 Å². The van der Waals surface area contributed by atoms with E-state index in [0.29, 0.717) is 18.6 Å². The molecule has 9 heteroatoms. The Hall–Kier alpha value is -1.16. The maximum Gasteiger partial charge on any atom is 0.306 e. The van der Waals surface area contributed by atoms with Crippen LogP contribution in [0.3, 0.4) is 0 Å². The fraction of sp³-hybridized carbons (Fsp3) is 0.941. The van der Waals surface area contributed by atoms with E-state index >= 15 is 0 Å². The van der Waals surface area contributed by atoms with Gasteiger partial charge in [-0.1, -0.05) is 174 Å². The average Bonchev–Trinajstić information content (AvgIpc) is 3.24. The molecule has 0 saturated carbocycles. The molecule has 0 aliphatic rings. The van der Waals surface area contributed by atoms with Crippen LogP contribution in [0.4, 0.5) is 0 Å². The summed E-state index contributed by atoms with van der Waals surface area (Å²) in [5.74, 6) is 0.508. The lowest BCUT2D eigenvalue weighted by atomic mass is 10.0. The Labute approximate surface area is 378 Å². The number of carbonyl (C=O) groups is 3. The average molecular weight is 870 g/mol. The zero-order chi connectivity index (χ0) is 44.4. The number of rotatable bonds is 47. The van der Waals surface area contributed by atoms with Crippen molar-refractivity contribution in [2.45, 2.75) is 265 Å². The van der Waals surface area contributed by atoms with Crippen LogP contribution in [-0.4, -0.2) is 81.4 Å². The minimum Gasteiger partial charge on any atom is -0.462 e. The molecule has 0 heterocycles. The molecule has 0 amide bonds. The third-order valence-corrected chi connectivity index (χ3v) is 12.1. The van der Waals surface area contributed by atoms with Crippen molar-refractivity contribution in [2.75, 3.05) is 46.0 Å². The number of hydrogen-bond acceptors (Lipinski definition) is 9. The second kappa shape index (κ2) is 52.2. The van der Waals surface area contributed by atoms with Gasteiger partial charge in [-0.2, -0.15) is 0 Å². The number of nitrogens with zero attached hydrogens (tertiary/aromatic N) is 1. The first-order valence-corrected chi connectivity index (χ1v) is 26.9. The summed E-state index contributed by atoms with van der Waals surface area (Å²) < 4.78 is 15.2. The van der Waals surface area contributed by atoms with Crippen LogP contribution in [0.1, 0.15) is 252 Å². The van der Waals surface area contributed by atoms with Crippen LogP contribution in [0, 0.1) is 0 Å². The van der Waals surface area contributed by atoms with Gasteiger partial charge in [0, 0.05) is 19.4 Å². The second-order valence-corrected chi connectivity index (χ2v) is 18.3. The first-order valence-electron chi connectivity index (χ1n) is 25.9. The molecular weight excluding hydrogens is 767 g/mol. The molecule has 0 bridgehead atoms. The highest BCUT2D eigenvalue weighted by Crippen LogP contribution is 2.19. The van der Waals surface area contributed by atoms with Crippen molar-refractivity contribution in [3.63, 3.8) is 0 Å². The van der Waals surface area contributed by atoms with Gasteiger partial charge in [-0.15, -0.1) is 0 Å². The van der Waals surface area contributed by atoms with Gasteiger partial charge < -0.3 is 24.5 Å². The molecule has 0 aromatic rings. The predicted octanol–water partition coefficient (Wildman–Crippen LogP) is 14.1. The normalized spacial score (nSPS) is 11.8. The minimum atomic E-state index is -0.00917. The Kier molecular flexibility index (Phi) is 53.0. The van der Waals surface area contributed by atoms with E-state index in [0.717, 1.165) is 90.3 Å². The predicted molar refractivity (Wildman–Crippen MR) is 262 cm³/mol. The number of carbonyl (C=O) groups excluding carboxylic acids is 3.